The van der Waals surface area contributed by atoms with Gasteiger partial charge in [-0.15, -0.1) is 0 Å². The summed E-state index contributed by atoms with van der Waals surface area (Å²) in [5, 5.41) is 1.85. The third-order valence-corrected chi connectivity index (χ3v) is 4.14. The second kappa shape index (κ2) is 6.67. The van der Waals surface area contributed by atoms with Gasteiger partial charge in [-0.05, 0) is 11.1 Å². The highest BCUT2D eigenvalue weighted by atomic mass is 19.4. The number of carbonyl (C=O) groups is 2. The summed E-state index contributed by atoms with van der Waals surface area (Å²) >= 11 is 0. The fraction of sp³-hybridized carbons (Fsp3) is 0.158. The van der Waals surface area contributed by atoms with Crippen LogP contribution < -0.4 is 5.32 Å². The van der Waals surface area contributed by atoms with Crippen molar-refractivity contribution in [2.24, 2.45) is 0 Å². The van der Waals surface area contributed by atoms with E-state index in [0.29, 0.717) is 4.90 Å². The largest absolute Gasteiger partial charge is 0.425 e. The number of imide groups is 1. The fourth-order valence-electron chi connectivity index (χ4n) is 2.84. The van der Waals surface area contributed by atoms with E-state index in [9.17, 15) is 22.8 Å². The lowest BCUT2D eigenvalue weighted by Gasteiger charge is -2.29. The molecule has 1 N–H and O–H groups in total. The van der Waals surface area contributed by atoms with Crippen LogP contribution in [0.2, 0.25) is 0 Å². The number of rotatable bonds is 4. The van der Waals surface area contributed by atoms with E-state index >= 15 is 0 Å². The molecule has 2 aromatic rings. The van der Waals surface area contributed by atoms with E-state index in [1.165, 1.54) is 36.4 Å². The van der Waals surface area contributed by atoms with E-state index in [2.05, 4.69) is 0 Å². The number of hydrogen-bond donors (Lipinski definition) is 1. The Bertz CT molecular complexity index is 835. The topological polar surface area (TPSA) is 49.4 Å². The van der Waals surface area contributed by atoms with Crippen molar-refractivity contribution < 1.29 is 22.8 Å². The maximum Gasteiger partial charge on any atom is 0.425 e. The first-order valence-corrected chi connectivity index (χ1v) is 7.84. The quantitative estimate of drug-likeness (QED) is 0.845. The molecule has 0 unspecified atom stereocenters. The fourth-order valence-corrected chi connectivity index (χ4v) is 2.84. The van der Waals surface area contributed by atoms with Gasteiger partial charge in [-0.3, -0.25) is 9.69 Å². The lowest BCUT2D eigenvalue weighted by molar-refractivity contribution is -0.198. The molecule has 0 aromatic heterocycles. The number of carbonyl (C=O) groups excluding carboxylic acids is 2. The molecule has 3 rings (SSSR count). The van der Waals surface area contributed by atoms with Gasteiger partial charge in [0.15, 0.2) is 0 Å². The molecule has 134 valence electrons. The predicted octanol–water partition coefficient (Wildman–Crippen LogP) is 3.71. The van der Waals surface area contributed by atoms with E-state index in [-0.39, 0.29) is 12.1 Å². The SMILES string of the molecule is O=C1N[C@](c2ccccc2)(C(F)(F)F)C(=O)N1C/C=C\c1ccccc1. The van der Waals surface area contributed by atoms with Gasteiger partial charge in [-0.25, -0.2) is 4.79 Å². The van der Waals surface area contributed by atoms with E-state index < -0.39 is 23.7 Å². The zero-order valence-corrected chi connectivity index (χ0v) is 13.5. The van der Waals surface area contributed by atoms with Gasteiger partial charge in [0.2, 0.25) is 5.54 Å². The van der Waals surface area contributed by atoms with Gasteiger partial charge >= 0.3 is 12.2 Å². The number of nitrogens with zero attached hydrogens (tertiary/aromatic N) is 1. The summed E-state index contributed by atoms with van der Waals surface area (Å²) in [6.45, 7) is -0.260. The number of alkyl halides is 3. The average molecular weight is 360 g/mol. The Morgan fingerprint density at radius 3 is 2.12 bits per heavy atom. The Balaban J connectivity index is 1.90. The van der Waals surface area contributed by atoms with Gasteiger partial charge in [0.1, 0.15) is 0 Å². The van der Waals surface area contributed by atoms with Crippen molar-refractivity contribution in [1.82, 2.24) is 10.2 Å². The molecule has 1 atom stereocenters. The Morgan fingerprint density at radius 2 is 1.54 bits per heavy atom. The zero-order valence-electron chi connectivity index (χ0n) is 13.5. The number of benzene rings is 2. The van der Waals surface area contributed by atoms with Crippen LogP contribution >= 0.6 is 0 Å². The number of nitrogens with one attached hydrogen (secondary N) is 1. The maximum absolute atomic E-state index is 13.8. The molecule has 1 fully saturated rings. The third-order valence-electron chi connectivity index (χ3n) is 4.14. The van der Waals surface area contributed by atoms with Crippen molar-refractivity contribution in [3.8, 4) is 0 Å². The normalized spacial score (nSPS) is 20.7. The minimum absolute atomic E-state index is 0.260. The molecular weight excluding hydrogens is 345 g/mol. The monoisotopic (exact) mass is 360 g/mol. The van der Waals surface area contributed by atoms with Gasteiger partial charge in [0.05, 0.1) is 0 Å². The lowest BCUT2D eigenvalue weighted by Crippen LogP contribution is -2.55. The molecule has 7 heteroatoms. The minimum atomic E-state index is -4.97. The highest BCUT2D eigenvalue weighted by Gasteiger charge is 2.68. The van der Waals surface area contributed by atoms with E-state index in [0.717, 1.165) is 5.56 Å². The smallest absolute Gasteiger partial charge is 0.312 e. The van der Waals surface area contributed by atoms with Crippen LogP contribution in [0.15, 0.2) is 66.7 Å². The van der Waals surface area contributed by atoms with Gasteiger partial charge in [-0.2, -0.15) is 13.2 Å². The van der Waals surface area contributed by atoms with Crippen LogP contribution in [0.5, 0.6) is 0 Å². The molecule has 3 amide bonds. The Kier molecular flexibility index (Phi) is 4.54. The maximum atomic E-state index is 13.8. The van der Waals surface area contributed by atoms with Crippen molar-refractivity contribution in [2.75, 3.05) is 6.54 Å². The van der Waals surface area contributed by atoms with Crippen LogP contribution in [-0.4, -0.2) is 29.6 Å². The molecule has 1 saturated heterocycles. The summed E-state index contributed by atoms with van der Waals surface area (Å²) < 4.78 is 41.4. The molecule has 26 heavy (non-hydrogen) atoms. The standard InChI is InChI=1S/C19H15F3N2O2/c20-19(21,22)18(15-11-5-2-6-12-15)16(25)24(17(26)23-18)13-7-10-14-8-3-1-4-9-14/h1-12H,13H2,(H,23,26)/b10-7-/t18-/m0/s1. The molecule has 0 spiro atoms. The number of amides is 3. The van der Waals surface area contributed by atoms with Gasteiger partial charge in [-0.1, -0.05) is 72.8 Å². The molecule has 1 aliphatic rings. The summed E-state index contributed by atoms with van der Waals surface area (Å²) in [4.78, 5) is 25.3. The second-order valence-corrected chi connectivity index (χ2v) is 5.77. The van der Waals surface area contributed by atoms with Crippen molar-refractivity contribution in [3.63, 3.8) is 0 Å². The summed E-state index contributed by atoms with van der Waals surface area (Å²) in [7, 11) is 0. The first-order valence-electron chi connectivity index (χ1n) is 7.84. The summed E-state index contributed by atoms with van der Waals surface area (Å²) in [5.41, 5.74) is -2.57. The highest BCUT2D eigenvalue weighted by Crippen LogP contribution is 2.43. The first-order chi connectivity index (χ1) is 12.4. The summed E-state index contributed by atoms with van der Waals surface area (Å²) in [6, 6.07) is 14.6. The number of urea groups is 1. The van der Waals surface area contributed by atoms with Crippen molar-refractivity contribution >= 4 is 18.0 Å². The first kappa shape index (κ1) is 17.7. The Hall–Kier alpha value is -3.09. The molecule has 2 aromatic carbocycles. The molecule has 0 bridgehead atoms. The third kappa shape index (κ3) is 2.96. The van der Waals surface area contributed by atoms with E-state index in [4.69, 9.17) is 0 Å². The van der Waals surface area contributed by atoms with Crippen molar-refractivity contribution in [1.29, 1.82) is 0 Å². The Morgan fingerprint density at radius 1 is 0.962 bits per heavy atom. The second-order valence-electron chi connectivity index (χ2n) is 5.77. The molecule has 1 heterocycles. The molecule has 0 aliphatic carbocycles. The van der Waals surface area contributed by atoms with Gasteiger partial charge < -0.3 is 5.32 Å². The predicted molar refractivity (Wildman–Crippen MR) is 89.9 cm³/mol. The molecule has 1 aliphatic heterocycles. The number of halogens is 3. The van der Waals surface area contributed by atoms with Crippen LogP contribution in [0.1, 0.15) is 11.1 Å². The van der Waals surface area contributed by atoms with E-state index in [1.807, 2.05) is 11.4 Å². The molecule has 0 radical (unpaired) electrons. The van der Waals surface area contributed by atoms with E-state index in [1.54, 1.807) is 30.3 Å². The minimum Gasteiger partial charge on any atom is -0.312 e. The van der Waals surface area contributed by atoms with Crippen molar-refractivity contribution in [3.05, 3.63) is 77.9 Å². The number of hydrogen-bond acceptors (Lipinski definition) is 2. The van der Waals surface area contributed by atoms with Crippen LogP contribution in [0.4, 0.5) is 18.0 Å². The van der Waals surface area contributed by atoms with Crippen molar-refractivity contribution in [2.45, 2.75) is 11.7 Å². The molecule has 4 nitrogen and oxygen atoms in total. The van der Waals surface area contributed by atoms with Gasteiger partial charge in [0, 0.05) is 6.54 Å². The van der Waals surface area contributed by atoms with Crippen LogP contribution in [0.3, 0.4) is 0 Å². The summed E-state index contributed by atoms with van der Waals surface area (Å²) in [6.07, 6.45) is -1.86. The molecule has 0 saturated carbocycles. The zero-order chi connectivity index (χ0) is 18.8. The van der Waals surface area contributed by atoms with Crippen LogP contribution in [-0.2, 0) is 10.3 Å². The highest BCUT2D eigenvalue weighted by molar-refractivity contribution is 6.08. The molecular formula is C19H15F3N2O2. The average Bonchev–Trinajstić information content (AvgIpc) is 2.89. The van der Waals surface area contributed by atoms with Gasteiger partial charge in [0.25, 0.3) is 5.91 Å². The Labute approximate surface area is 147 Å². The summed E-state index contributed by atoms with van der Waals surface area (Å²) in [5.74, 6) is -1.33. The van der Waals surface area contributed by atoms with Crippen LogP contribution in [0.25, 0.3) is 6.08 Å². The van der Waals surface area contributed by atoms with Crippen LogP contribution in [0, 0.1) is 0 Å². The lowest BCUT2D eigenvalue weighted by atomic mass is 9.89.